The van der Waals surface area contributed by atoms with E-state index in [0.717, 1.165) is 29.4 Å². The van der Waals surface area contributed by atoms with E-state index in [0.29, 0.717) is 24.8 Å². The molecule has 2 heterocycles. The number of amides is 1. The molecule has 7 nitrogen and oxygen atoms in total. The van der Waals surface area contributed by atoms with Crippen molar-refractivity contribution in [1.29, 1.82) is 0 Å². The van der Waals surface area contributed by atoms with Crippen molar-refractivity contribution in [3.05, 3.63) is 54.2 Å². The number of ether oxygens (including phenoxy) is 2. The number of hydrogen-bond acceptors (Lipinski definition) is 6. The van der Waals surface area contributed by atoms with E-state index in [4.69, 9.17) is 18.7 Å². The maximum atomic E-state index is 12.3. The highest BCUT2D eigenvalue weighted by molar-refractivity contribution is 5.91. The molecule has 1 amide bonds. The first kappa shape index (κ1) is 17.4. The lowest BCUT2D eigenvalue weighted by Gasteiger charge is -2.24. The van der Waals surface area contributed by atoms with Gasteiger partial charge in [-0.15, -0.1) is 0 Å². The number of benzene rings is 2. The minimum atomic E-state index is -0.289. The fraction of sp³-hybridized carbons (Fsp3) is 0.300. The van der Waals surface area contributed by atoms with Crippen molar-refractivity contribution >= 4 is 16.7 Å². The lowest BCUT2D eigenvalue weighted by atomic mass is 10.1. The molecule has 0 radical (unpaired) electrons. The van der Waals surface area contributed by atoms with Gasteiger partial charge in [0, 0.05) is 6.54 Å². The molecule has 27 heavy (non-hydrogen) atoms. The van der Waals surface area contributed by atoms with Crippen molar-refractivity contribution in [2.45, 2.75) is 19.4 Å². The zero-order valence-corrected chi connectivity index (χ0v) is 15.0. The van der Waals surface area contributed by atoms with Crippen LogP contribution in [-0.2, 0) is 11.4 Å². The molecule has 2 aromatic carbocycles. The van der Waals surface area contributed by atoms with Crippen molar-refractivity contribution in [1.82, 2.24) is 10.0 Å². The predicted molar refractivity (Wildman–Crippen MR) is 97.6 cm³/mol. The first-order valence-electron chi connectivity index (χ1n) is 8.83. The van der Waals surface area contributed by atoms with E-state index in [9.17, 15) is 4.79 Å². The molecule has 1 aromatic heterocycles. The zero-order chi connectivity index (χ0) is 18.6. The Kier molecular flexibility index (Phi) is 4.93. The average molecular weight is 368 g/mol. The van der Waals surface area contributed by atoms with Crippen LogP contribution in [0.25, 0.3) is 10.8 Å². The van der Waals surface area contributed by atoms with E-state index >= 15 is 0 Å². The SMILES string of the molecule is COc1ccc2ccc(OCc3nc(C(=O)N4CCCCO4)co3)cc2c1. The van der Waals surface area contributed by atoms with Crippen LogP contribution in [0.5, 0.6) is 11.5 Å². The molecule has 7 heteroatoms. The fourth-order valence-electron chi connectivity index (χ4n) is 2.92. The molecule has 1 fully saturated rings. The zero-order valence-electron chi connectivity index (χ0n) is 15.0. The molecule has 3 aromatic rings. The standard InChI is InChI=1S/C20H20N2O5/c1-24-16-6-4-14-5-7-17(11-15(14)10-16)25-13-19-21-18(12-26-19)20(23)22-8-2-3-9-27-22/h4-7,10-12H,2-3,8-9,13H2,1H3. The van der Waals surface area contributed by atoms with Gasteiger partial charge in [-0.25, -0.2) is 10.0 Å². The molecule has 140 valence electrons. The Morgan fingerprint density at radius 1 is 1.15 bits per heavy atom. The highest BCUT2D eigenvalue weighted by atomic mass is 16.7. The van der Waals surface area contributed by atoms with Crippen molar-refractivity contribution in [2.24, 2.45) is 0 Å². The second kappa shape index (κ2) is 7.67. The number of methoxy groups -OCH3 is 1. The van der Waals surface area contributed by atoms with Gasteiger partial charge in [-0.2, -0.15) is 0 Å². The van der Waals surface area contributed by atoms with Gasteiger partial charge in [0.25, 0.3) is 5.91 Å². The monoisotopic (exact) mass is 368 g/mol. The molecule has 0 N–H and O–H groups in total. The summed E-state index contributed by atoms with van der Waals surface area (Å²) in [4.78, 5) is 21.9. The van der Waals surface area contributed by atoms with Crippen LogP contribution in [0.15, 0.2) is 47.1 Å². The summed E-state index contributed by atoms with van der Waals surface area (Å²) < 4.78 is 16.4. The number of hydroxylamine groups is 2. The van der Waals surface area contributed by atoms with Crippen molar-refractivity contribution < 1.29 is 23.5 Å². The van der Waals surface area contributed by atoms with E-state index in [1.165, 1.54) is 11.3 Å². The Morgan fingerprint density at radius 2 is 1.96 bits per heavy atom. The smallest absolute Gasteiger partial charge is 0.299 e. The van der Waals surface area contributed by atoms with Crippen LogP contribution in [0.1, 0.15) is 29.2 Å². The van der Waals surface area contributed by atoms with E-state index in [1.807, 2.05) is 36.4 Å². The molecule has 1 aliphatic heterocycles. The summed E-state index contributed by atoms with van der Waals surface area (Å²) in [5.41, 5.74) is 0.221. The van der Waals surface area contributed by atoms with Crippen LogP contribution in [0, 0.1) is 0 Å². The minimum Gasteiger partial charge on any atom is -0.497 e. The molecule has 4 rings (SSSR count). The molecule has 0 unspecified atom stereocenters. The minimum absolute atomic E-state index is 0.129. The van der Waals surface area contributed by atoms with E-state index in [2.05, 4.69) is 4.98 Å². The quantitative estimate of drug-likeness (QED) is 0.685. The summed E-state index contributed by atoms with van der Waals surface area (Å²) >= 11 is 0. The first-order valence-corrected chi connectivity index (χ1v) is 8.83. The maximum Gasteiger partial charge on any atom is 0.299 e. The average Bonchev–Trinajstić information content (AvgIpc) is 3.20. The number of rotatable bonds is 5. The normalized spacial score (nSPS) is 14.3. The Bertz CT molecular complexity index is 946. The Balaban J connectivity index is 1.42. The first-order chi connectivity index (χ1) is 13.2. The van der Waals surface area contributed by atoms with Gasteiger partial charge in [0.2, 0.25) is 5.89 Å². The molecule has 0 aliphatic carbocycles. The second-order valence-corrected chi connectivity index (χ2v) is 6.24. The van der Waals surface area contributed by atoms with Crippen molar-refractivity contribution in [2.75, 3.05) is 20.3 Å². The van der Waals surface area contributed by atoms with Crippen molar-refractivity contribution in [3.8, 4) is 11.5 Å². The molecule has 1 saturated heterocycles. The molecule has 0 bridgehead atoms. The summed E-state index contributed by atoms with van der Waals surface area (Å²) in [7, 11) is 1.64. The Labute approximate surface area is 156 Å². The number of hydrogen-bond donors (Lipinski definition) is 0. The summed E-state index contributed by atoms with van der Waals surface area (Å²) in [6, 6.07) is 11.6. The Hall–Kier alpha value is -3.06. The van der Waals surface area contributed by atoms with Crippen LogP contribution in [0.4, 0.5) is 0 Å². The highest BCUT2D eigenvalue weighted by Crippen LogP contribution is 2.25. The molecule has 0 atom stereocenters. The van der Waals surface area contributed by atoms with Crippen LogP contribution in [0.3, 0.4) is 0 Å². The van der Waals surface area contributed by atoms with Crippen molar-refractivity contribution in [3.63, 3.8) is 0 Å². The van der Waals surface area contributed by atoms with Gasteiger partial charge in [-0.05, 0) is 47.9 Å². The van der Waals surface area contributed by atoms with Gasteiger partial charge in [-0.3, -0.25) is 9.63 Å². The van der Waals surface area contributed by atoms with E-state index in [-0.39, 0.29) is 18.2 Å². The molecular formula is C20H20N2O5. The molecule has 0 saturated carbocycles. The fourth-order valence-corrected chi connectivity index (χ4v) is 2.92. The van der Waals surface area contributed by atoms with Crippen LogP contribution < -0.4 is 9.47 Å². The third-order valence-electron chi connectivity index (χ3n) is 4.38. The third kappa shape index (κ3) is 3.88. The van der Waals surface area contributed by atoms with Gasteiger partial charge < -0.3 is 13.9 Å². The summed E-state index contributed by atoms with van der Waals surface area (Å²) in [5, 5.41) is 3.44. The number of aromatic nitrogens is 1. The van der Waals surface area contributed by atoms with Crippen LogP contribution in [0.2, 0.25) is 0 Å². The van der Waals surface area contributed by atoms with Crippen LogP contribution >= 0.6 is 0 Å². The Morgan fingerprint density at radius 3 is 2.74 bits per heavy atom. The lowest BCUT2D eigenvalue weighted by molar-refractivity contribution is -0.144. The molecule has 0 spiro atoms. The van der Waals surface area contributed by atoms with Gasteiger partial charge in [0.15, 0.2) is 12.3 Å². The lowest BCUT2D eigenvalue weighted by Crippen LogP contribution is -2.35. The second-order valence-electron chi connectivity index (χ2n) is 6.24. The van der Waals surface area contributed by atoms with Gasteiger partial charge >= 0.3 is 0 Å². The number of carbonyl (C=O) groups excluding carboxylic acids is 1. The summed E-state index contributed by atoms with van der Waals surface area (Å²) in [5.74, 6) is 1.51. The highest BCUT2D eigenvalue weighted by Gasteiger charge is 2.22. The largest absolute Gasteiger partial charge is 0.497 e. The van der Waals surface area contributed by atoms with Crippen LogP contribution in [-0.4, -0.2) is 36.2 Å². The molecular weight excluding hydrogens is 348 g/mol. The number of carbonyl (C=O) groups is 1. The number of fused-ring (bicyclic) bond motifs is 1. The molecule has 1 aliphatic rings. The third-order valence-corrected chi connectivity index (χ3v) is 4.38. The van der Waals surface area contributed by atoms with E-state index < -0.39 is 0 Å². The topological polar surface area (TPSA) is 74.0 Å². The van der Waals surface area contributed by atoms with Gasteiger partial charge in [0.05, 0.1) is 13.7 Å². The van der Waals surface area contributed by atoms with Gasteiger partial charge in [-0.1, -0.05) is 12.1 Å². The summed E-state index contributed by atoms with van der Waals surface area (Å²) in [6.07, 6.45) is 3.22. The maximum absolute atomic E-state index is 12.3. The number of nitrogens with zero attached hydrogens (tertiary/aromatic N) is 2. The van der Waals surface area contributed by atoms with Gasteiger partial charge in [0.1, 0.15) is 17.8 Å². The number of oxazole rings is 1. The predicted octanol–water partition coefficient (Wildman–Crippen LogP) is 3.58. The summed E-state index contributed by atoms with van der Waals surface area (Å²) in [6.45, 7) is 1.24. The van der Waals surface area contributed by atoms with E-state index in [1.54, 1.807) is 7.11 Å².